The third-order valence-electron chi connectivity index (χ3n) is 4.57. The van der Waals surface area contributed by atoms with E-state index in [1.807, 2.05) is 6.07 Å². The van der Waals surface area contributed by atoms with Gasteiger partial charge in [0.05, 0.1) is 5.69 Å². The van der Waals surface area contributed by atoms with Crippen molar-refractivity contribution in [2.24, 2.45) is 5.41 Å². The van der Waals surface area contributed by atoms with Crippen molar-refractivity contribution in [2.45, 2.75) is 52.4 Å². The average Bonchev–Trinajstić information content (AvgIpc) is 3.03. The van der Waals surface area contributed by atoms with Gasteiger partial charge in [0.1, 0.15) is 0 Å². The molecule has 0 saturated heterocycles. The highest BCUT2D eigenvalue weighted by Crippen LogP contribution is 2.42. The maximum Gasteiger partial charge on any atom is 0.194 e. The summed E-state index contributed by atoms with van der Waals surface area (Å²) in [6.45, 7) is 6.44. The van der Waals surface area contributed by atoms with Gasteiger partial charge in [0, 0.05) is 34.7 Å². The molecular formula is C17H20N2OS. The summed E-state index contributed by atoms with van der Waals surface area (Å²) in [6, 6.07) is 2.05. The lowest BCUT2D eigenvalue weighted by Crippen LogP contribution is -2.27. The molecular weight excluding hydrogens is 280 g/mol. The maximum absolute atomic E-state index is 12.4. The Morgan fingerprint density at radius 1 is 1.33 bits per heavy atom. The van der Waals surface area contributed by atoms with Crippen LogP contribution in [0.5, 0.6) is 0 Å². The largest absolute Gasteiger partial charge is 0.294 e. The van der Waals surface area contributed by atoms with Crippen molar-refractivity contribution >= 4 is 17.1 Å². The molecule has 0 bridgehead atoms. The SMILES string of the molecule is Cc1cc2c(n1-c1nc(C3CC3)cs1)CC(C)(C)CC2=O. The molecule has 21 heavy (non-hydrogen) atoms. The van der Waals surface area contributed by atoms with Crippen LogP contribution in [0.1, 0.15) is 66.5 Å². The Kier molecular flexibility index (Phi) is 2.71. The summed E-state index contributed by atoms with van der Waals surface area (Å²) in [6.07, 6.45) is 4.14. The lowest BCUT2D eigenvalue weighted by atomic mass is 9.76. The van der Waals surface area contributed by atoms with Crippen molar-refractivity contribution in [3.05, 3.63) is 34.1 Å². The number of Topliss-reactive ketones (excluding diaryl/α,β-unsaturated/α-hetero) is 1. The highest BCUT2D eigenvalue weighted by molar-refractivity contribution is 7.12. The summed E-state index contributed by atoms with van der Waals surface area (Å²) in [5, 5.41) is 3.22. The molecule has 0 aliphatic heterocycles. The molecule has 0 N–H and O–H groups in total. The maximum atomic E-state index is 12.4. The van der Waals surface area contributed by atoms with Gasteiger partial charge in [-0.05, 0) is 37.7 Å². The Labute approximate surface area is 129 Å². The van der Waals surface area contributed by atoms with Gasteiger partial charge in [-0.25, -0.2) is 4.98 Å². The van der Waals surface area contributed by atoms with Gasteiger partial charge in [0.15, 0.2) is 10.9 Å². The molecule has 0 radical (unpaired) electrons. The fourth-order valence-corrected chi connectivity index (χ4v) is 4.35. The first-order chi connectivity index (χ1) is 9.94. The topological polar surface area (TPSA) is 34.9 Å². The van der Waals surface area contributed by atoms with E-state index in [-0.39, 0.29) is 11.2 Å². The normalized spacial score (nSPS) is 20.6. The van der Waals surface area contributed by atoms with E-state index in [4.69, 9.17) is 4.98 Å². The molecule has 0 aromatic carbocycles. The quantitative estimate of drug-likeness (QED) is 0.830. The summed E-state index contributed by atoms with van der Waals surface area (Å²) in [5.41, 5.74) is 4.48. The summed E-state index contributed by atoms with van der Waals surface area (Å²) in [4.78, 5) is 17.2. The second-order valence-corrected chi connectivity index (χ2v) is 8.09. The monoisotopic (exact) mass is 300 g/mol. The molecule has 1 fully saturated rings. The molecule has 2 aliphatic rings. The smallest absolute Gasteiger partial charge is 0.194 e. The Morgan fingerprint density at radius 3 is 2.81 bits per heavy atom. The van der Waals surface area contributed by atoms with Crippen LogP contribution >= 0.6 is 11.3 Å². The number of aryl methyl sites for hydroxylation is 1. The summed E-state index contributed by atoms with van der Waals surface area (Å²) >= 11 is 1.70. The number of aromatic nitrogens is 2. The molecule has 4 rings (SSSR count). The van der Waals surface area contributed by atoms with E-state index < -0.39 is 0 Å². The lowest BCUT2D eigenvalue weighted by molar-refractivity contribution is 0.0911. The van der Waals surface area contributed by atoms with Crippen LogP contribution in [-0.4, -0.2) is 15.3 Å². The number of hydrogen-bond acceptors (Lipinski definition) is 3. The van der Waals surface area contributed by atoms with Gasteiger partial charge in [-0.3, -0.25) is 9.36 Å². The zero-order valence-electron chi connectivity index (χ0n) is 12.8. The highest BCUT2D eigenvalue weighted by Gasteiger charge is 2.35. The van der Waals surface area contributed by atoms with Gasteiger partial charge in [0.2, 0.25) is 0 Å². The van der Waals surface area contributed by atoms with Gasteiger partial charge >= 0.3 is 0 Å². The minimum Gasteiger partial charge on any atom is -0.294 e. The molecule has 0 unspecified atom stereocenters. The molecule has 2 aromatic heterocycles. The standard InChI is InChI=1S/C17H20N2OS/c1-10-6-12-14(7-17(2,3)8-15(12)20)19(10)16-18-13(9-21-16)11-4-5-11/h6,9,11H,4-5,7-8H2,1-3H3. The molecule has 1 saturated carbocycles. The number of rotatable bonds is 2. The van der Waals surface area contributed by atoms with E-state index in [1.165, 1.54) is 18.5 Å². The predicted molar refractivity (Wildman–Crippen MR) is 84.6 cm³/mol. The van der Waals surface area contributed by atoms with Crippen LogP contribution in [0, 0.1) is 12.3 Å². The van der Waals surface area contributed by atoms with Crippen LogP contribution in [0.3, 0.4) is 0 Å². The number of fused-ring (bicyclic) bond motifs is 1. The predicted octanol–water partition coefficient (Wildman–Crippen LogP) is 4.27. The number of hydrogen-bond donors (Lipinski definition) is 0. The third kappa shape index (κ3) is 2.16. The highest BCUT2D eigenvalue weighted by atomic mass is 32.1. The van der Waals surface area contributed by atoms with Crippen LogP contribution < -0.4 is 0 Å². The van der Waals surface area contributed by atoms with Gasteiger partial charge < -0.3 is 0 Å². The molecule has 4 heteroatoms. The van der Waals surface area contributed by atoms with Crippen molar-refractivity contribution in [1.29, 1.82) is 0 Å². The van der Waals surface area contributed by atoms with Crippen molar-refractivity contribution in [2.75, 3.05) is 0 Å². The Morgan fingerprint density at radius 2 is 2.10 bits per heavy atom. The molecule has 2 aliphatic carbocycles. The molecule has 2 heterocycles. The number of nitrogens with zero attached hydrogens (tertiary/aromatic N) is 2. The number of carbonyl (C=O) groups is 1. The summed E-state index contributed by atoms with van der Waals surface area (Å²) in [7, 11) is 0. The second-order valence-electron chi connectivity index (χ2n) is 7.25. The number of carbonyl (C=O) groups excluding carboxylic acids is 1. The summed E-state index contributed by atoms with van der Waals surface area (Å²) in [5.74, 6) is 0.960. The van der Waals surface area contributed by atoms with Gasteiger partial charge in [0.25, 0.3) is 0 Å². The first-order valence-corrected chi connectivity index (χ1v) is 8.53. The van der Waals surface area contributed by atoms with Gasteiger partial charge in [-0.1, -0.05) is 13.8 Å². The molecule has 3 nitrogen and oxygen atoms in total. The fourth-order valence-electron chi connectivity index (χ4n) is 3.36. The number of thiazole rings is 1. The fraction of sp³-hybridized carbons (Fsp3) is 0.529. The van der Waals surface area contributed by atoms with Crippen LogP contribution in [0.25, 0.3) is 5.13 Å². The Balaban J connectivity index is 1.83. The van der Waals surface area contributed by atoms with Crippen molar-refractivity contribution in [3.63, 3.8) is 0 Å². The van der Waals surface area contributed by atoms with Crippen molar-refractivity contribution < 1.29 is 4.79 Å². The molecule has 0 atom stereocenters. The van der Waals surface area contributed by atoms with E-state index in [1.54, 1.807) is 11.3 Å². The van der Waals surface area contributed by atoms with Crippen LogP contribution in [-0.2, 0) is 6.42 Å². The summed E-state index contributed by atoms with van der Waals surface area (Å²) < 4.78 is 2.21. The Hall–Kier alpha value is -1.42. The first kappa shape index (κ1) is 13.3. The van der Waals surface area contributed by atoms with Crippen LogP contribution in [0.15, 0.2) is 11.4 Å². The molecule has 2 aromatic rings. The number of ketones is 1. The molecule has 0 spiro atoms. The first-order valence-electron chi connectivity index (χ1n) is 7.65. The van der Waals surface area contributed by atoms with E-state index in [2.05, 4.69) is 30.7 Å². The molecule has 0 amide bonds. The molecule has 110 valence electrons. The van der Waals surface area contributed by atoms with E-state index in [0.717, 1.165) is 28.5 Å². The van der Waals surface area contributed by atoms with Crippen LogP contribution in [0.4, 0.5) is 0 Å². The van der Waals surface area contributed by atoms with E-state index in [9.17, 15) is 4.79 Å². The zero-order chi connectivity index (χ0) is 14.8. The van der Waals surface area contributed by atoms with E-state index >= 15 is 0 Å². The third-order valence-corrected chi connectivity index (χ3v) is 5.41. The average molecular weight is 300 g/mol. The minimum absolute atomic E-state index is 0.0448. The van der Waals surface area contributed by atoms with Crippen LogP contribution in [0.2, 0.25) is 0 Å². The van der Waals surface area contributed by atoms with Gasteiger partial charge in [-0.15, -0.1) is 11.3 Å². The minimum atomic E-state index is 0.0448. The zero-order valence-corrected chi connectivity index (χ0v) is 13.6. The Bertz CT molecular complexity index is 734. The van der Waals surface area contributed by atoms with Gasteiger partial charge in [-0.2, -0.15) is 0 Å². The lowest BCUT2D eigenvalue weighted by Gasteiger charge is -2.29. The van der Waals surface area contributed by atoms with Crippen molar-refractivity contribution in [3.8, 4) is 5.13 Å². The second kappa shape index (κ2) is 4.29. The van der Waals surface area contributed by atoms with E-state index in [0.29, 0.717) is 12.3 Å². The van der Waals surface area contributed by atoms with Crippen molar-refractivity contribution in [1.82, 2.24) is 9.55 Å².